The molecule has 41 heavy (non-hydrogen) atoms. The number of aryl methyl sites for hydroxylation is 2. The van der Waals surface area contributed by atoms with Crippen molar-refractivity contribution in [2.24, 2.45) is 0 Å². The van der Waals surface area contributed by atoms with Crippen molar-refractivity contribution in [2.75, 3.05) is 0 Å². The van der Waals surface area contributed by atoms with Crippen molar-refractivity contribution in [3.05, 3.63) is 132 Å². The summed E-state index contributed by atoms with van der Waals surface area (Å²) >= 11 is 0. The summed E-state index contributed by atoms with van der Waals surface area (Å²) in [4.78, 5) is 21.6. The molecule has 0 aromatic heterocycles. The van der Waals surface area contributed by atoms with Crippen LogP contribution in [0.5, 0.6) is 0 Å². The molecule has 7 rings (SSSR count). The number of hydrogen-bond donors (Lipinski definition) is 2. The Morgan fingerprint density at radius 2 is 0.902 bits per heavy atom. The first-order valence-corrected chi connectivity index (χ1v) is 13.7. The van der Waals surface area contributed by atoms with E-state index in [0.717, 1.165) is 21.5 Å². The topological polar surface area (TPSA) is 74.6 Å². The molecule has 0 aliphatic heterocycles. The van der Waals surface area contributed by atoms with E-state index in [1.807, 2.05) is 60.7 Å². The molecule has 0 bridgehead atoms. The van der Waals surface area contributed by atoms with E-state index >= 15 is 0 Å². The van der Waals surface area contributed by atoms with Crippen molar-refractivity contribution in [1.29, 1.82) is 0 Å². The molecule has 0 amide bonds. The van der Waals surface area contributed by atoms with Crippen LogP contribution < -0.4 is 0 Å². The number of rotatable bonds is 2. The van der Waals surface area contributed by atoms with E-state index in [1.165, 1.54) is 51.4 Å². The standard InChI is InChI=1S/C13H17.2C11H8O2.CH3.Ti/c1-3-7-12-10(5-1)9-11-6-2-4-8-13(11)12;2*12-11(13)10-7-3-5-8-4-1-2-6-9(8)10;;/h9H,1-8H2;2*1-7H,(H,12,13);1H3;/q-1;;;-1;+2. The van der Waals surface area contributed by atoms with E-state index in [2.05, 4.69) is 6.07 Å². The van der Waals surface area contributed by atoms with Crippen LogP contribution in [-0.2, 0) is 47.4 Å². The molecule has 0 unspecified atom stereocenters. The molecule has 0 saturated heterocycles. The predicted molar refractivity (Wildman–Crippen MR) is 164 cm³/mol. The first-order chi connectivity index (χ1) is 19.0. The van der Waals surface area contributed by atoms with Gasteiger partial charge in [0.2, 0.25) is 0 Å². The Morgan fingerprint density at radius 1 is 0.537 bits per heavy atom. The summed E-state index contributed by atoms with van der Waals surface area (Å²) in [6.45, 7) is 0. The minimum absolute atomic E-state index is 0. The average Bonchev–Trinajstić information content (AvgIpc) is 3.36. The quantitative estimate of drug-likeness (QED) is 0.162. The van der Waals surface area contributed by atoms with Crippen molar-refractivity contribution in [3.8, 4) is 0 Å². The second kappa shape index (κ2) is 14.9. The van der Waals surface area contributed by atoms with Crippen LogP contribution in [-0.4, -0.2) is 22.2 Å². The molecular formula is C36H36O4Ti. The first kappa shape index (κ1) is 31.9. The summed E-state index contributed by atoms with van der Waals surface area (Å²) in [6, 6.07) is 28.0. The minimum atomic E-state index is -0.878. The number of benzene rings is 4. The van der Waals surface area contributed by atoms with Crippen molar-refractivity contribution >= 4 is 33.5 Å². The Bertz CT molecular complexity index is 1500. The zero-order chi connectivity index (χ0) is 27.2. The fourth-order valence-corrected chi connectivity index (χ4v) is 5.90. The van der Waals surface area contributed by atoms with Crippen LogP contribution in [0.25, 0.3) is 21.5 Å². The van der Waals surface area contributed by atoms with Crippen molar-refractivity contribution in [2.45, 2.75) is 51.4 Å². The molecule has 0 fully saturated rings. The number of hydrogen-bond acceptors (Lipinski definition) is 2. The van der Waals surface area contributed by atoms with Crippen molar-refractivity contribution < 1.29 is 41.5 Å². The number of carboxylic acids is 2. The van der Waals surface area contributed by atoms with Crippen LogP contribution in [0.3, 0.4) is 0 Å². The van der Waals surface area contributed by atoms with E-state index in [4.69, 9.17) is 10.2 Å². The average molecular weight is 581 g/mol. The van der Waals surface area contributed by atoms with Gasteiger partial charge in [0.1, 0.15) is 0 Å². The van der Waals surface area contributed by atoms with Crippen molar-refractivity contribution in [3.63, 3.8) is 0 Å². The van der Waals surface area contributed by atoms with Gasteiger partial charge in [0.25, 0.3) is 0 Å². The van der Waals surface area contributed by atoms with E-state index in [-0.39, 0.29) is 29.1 Å². The zero-order valence-electron chi connectivity index (χ0n) is 23.5. The zero-order valence-corrected chi connectivity index (χ0v) is 25.1. The maximum Gasteiger partial charge on any atom is 2.00 e. The monoisotopic (exact) mass is 580 g/mol. The van der Waals surface area contributed by atoms with Crippen LogP contribution in [0, 0.1) is 7.43 Å². The summed E-state index contributed by atoms with van der Waals surface area (Å²) < 4.78 is 0. The number of carboxylic acid groups (broad SMARTS) is 2. The molecule has 0 heterocycles. The summed E-state index contributed by atoms with van der Waals surface area (Å²) in [5, 5.41) is 21.3. The van der Waals surface area contributed by atoms with Crippen LogP contribution in [0.15, 0.2) is 91.0 Å². The van der Waals surface area contributed by atoms with Crippen molar-refractivity contribution in [1.82, 2.24) is 0 Å². The van der Waals surface area contributed by atoms with E-state index in [9.17, 15) is 9.59 Å². The van der Waals surface area contributed by atoms with Crippen LogP contribution >= 0.6 is 0 Å². The maximum atomic E-state index is 10.8. The second-order valence-corrected chi connectivity index (χ2v) is 10.2. The predicted octanol–water partition coefficient (Wildman–Crippen LogP) is 8.69. The third-order valence-corrected chi connectivity index (χ3v) is 7.77. The van der Waals surface area contributed by atoms with Crippen LogP contribution in [0.4, 0.5) is 0 Å². The molecule has 5 aromatic rings. The molecule has 0 spiro atoms. The Hall–Kier alpha value is -3.60. The smallest absolute Gasteiger partial charge is 0.478 e. The summed E-state index contributed by atoms with van der Waals surface area (Å²) in [6.07, 6.45) is 11.2. The third kappa shape index (κ3) is 7.38. The molecule has 0 saturated carbocycles. The fraction of sp³-hybridized carbons (Fsp3) is 0.222. The molecule has 2 aliphatic rings. The van der Waals surface area contributed by atoms with Gasteiger partial charge >= 0.3 is 33.7 Å². The van der Waals surface area contributed by atoms with Gasteiger partial charge in [-0.05, 0) is 33.7 Å². The molecule has 2 N–H and O–H groups in total. The molecular weight excluding hydrogens is 544 g/mol. The molecule has 5 aromatic carbocycles. The molecule has 0 atom stereocenters. The van der Waals surface area contributed by atoms with Crippen LogP contribution in [0.1, 0.15) is 68.7 Å². The van der Waals surface area contributed by atoms with E-state index in [1.54, 1.807) is 46.5 Å². The van der Waals surface area contributed by atoms with Gasteiger partial charge in [-0.3, -0.25) is 0 Å². The van der Waals surface area contributed by atoms with Gasteiger partial charge in [-0.25, -0.2) is 9.59 Å². The van der Waals surface area contributed by atoms with Gasteiger partial charge in [0.05, 0.1) is 11.1 Å². The Balaban J connectivity index is 0.000000165. The maximum absolute atomic E-state index is 10.8. The molecule has 2 aliphatic carbocycles. The number of aromatic carboxylic acids is 2. The fourth-order valence-electron chi connectivity index (χ4n) is 5.90. The SMILES string of the molecule is O=C(O)c1cccc2ccccc12.O=C(O)c1cccc2ccccc12.[CH3-].[Ti+2].[cH-]1c2c(c3c1CCCC3)CCCC2. The summed E-state index contributed by atoms with van der Waals surface area (Å²) in [7, 11) is 0. The Morgan fingerprint density at radius 3 is 1.32 bits per heavy atom. The summed E-state index contributed by atoms with van der Waals surface area (Å²) in [5.41, 5.74) is 7.66. The molecule has 208 valence electrons. The number of carbonyl (C=O) groups is 2. The van der Waals surface area contributed by atoms with Gasteiger partial charge in [0.15, 0.2) is 0 Å². The number of fused-ring (bicyclic) bond motifs is 5. The van der Waals surface area contributed by atoms with Gasteiger partial charge < -0.3 is 17.6 Å². The van der Waals surface area contributed by atoms with Gasteiger partial charge in [-0.15, -0.1) is 0 Å². The molecule has 5 heteroatoms. The first-order valence-electron chi connectivity index (χ1n) is 13.7. The van der Waals surface area contributed by atoms with Gasteiger partial charge in [-0.2, -0.15) is 28.3 Å². The second-order valence-electron chi connectivity index (χ2n) is 10.2. The van der Waals surface area contributed by atoms with E-state index in [0.29, 0.717) is 11.1 Å². The third-order valence-electron chi connectivity index (χ3n) is 7.77. The summed E-state index contributed by atoms with van der Waals surface area (Å²) in [5.74, 6) is -1.76. The Labute approximate surface area is 257 Å². The normalized spacial score (nSPS) is 13.1. The minimum Gasteiger partial charge on any atom is -0.478 e. The Kier molecular flexibility index (Phi) is 11.6. The van der Waals surface area contributed by atoms with Gasteiger partial charge in [-0.1, -0.05) is 124 Å². The van der Waals surface area contributed by atoms with Crippen LogP contribution in [0.2, 0.25) is 0 Å². The van der Waals surface area contributed by atoms with Gasteiger partial charge in [0, 0.05) is 0 Å². The largest absolute Gasteiger partial charge is 2.00 e. The van der Waals surface area contributed by atoms with E-state index < -0.39 is 11.9 Å². The molecule has 4 nitrogen and oxygen atoms in total. The molecule has 0 radical (unpaired) electrons.